The van der Waals surface area contributed by atoms with Gasteiger partial charge in [-0.05, 0) is 12.1 Å². The molecule has 0 saturated carbocycles. The molecule has 0 radical (unpaired) electrons. The van der Waals surface area contributed by atoms with Crippen molar-refractivity contribution in [1.29, 1.82) is 0 Å². The first-order valence-corrected chi connectivity index (χ1v) is 8.81. The van der Waals surface area contributed by atoms with Gasteiger partial charge in [0.05, 0.1) is 25.6 Å². The number of hydrogen-bond acceptors (Lipinski definition) is 6. The topological polar surface area (TPSA) is 123 Å². The molecule has 0 saturated heterocycles. The van der Waals surface area contributed by atoms with Crippen LogP contribution in [0.15, 0.2) is 39.9 Å². The first kappa shape index (κ1) is 18.0. The van der Waals surface area contributed by atoms with Gasteiger partial charge in [-0.25, -0.2) is 4.79 Å². The number of rotatable bonds is 4. The number of aryl methyl sites for hydroxylation is 1. The molecule has 0 spiro atoms. The zero-order chi connectivity index (χ0) is 20.0. The molecule has 2 aromatic heterocycles. The highest BCUT2D eigenvalue weighted by atomic mass is 16.4. The summed E-state index contributed by atoms with van der Waals surface area (Å²) in [5.74, 6) is -0.648. The van der Waals surface area contributed by atoms with E-state index in [0.29, 0.717) is 12.5 Å². The fourth-order valence-corrected chi connectivity index (χ4v) is 3.53. The van der Waals surface area contributed by atoms with Crippen molar-refractivity contribution in [3.8, 4) is 0 Å². The molecule has 0 unspecified atom stereocenters. The van der Waals surface area contributed by atoms with Crippen LogP contribution < -0.4 is 16.1 Å². The third-order valence-corrected chi connectivity index (χ3v) is 4.86. The van der Waals surface area contributed by atoms with Crippen LogP contribution in [0.5, 0.6) is 0 Å². The summed E-state index contributed by atoms with van der Waals surface area (Å²) in [6.45, 7) is 0.221. The highest BCUT2D eigenvalue weighted by Gasteiger charge is 2.30. The van der Waals surface area contributed by atoms with E-state index in [1.165, 1.54) is 11.6 Å². The summed E-state index contributed by atoms with van der Waals surface area (Å²) in [7, 11) is 1.49. The first-order valence-electron chi connectivity index (χ1n) is 8.81. The number of carbonyl (C=O) groups is 1. The third kappa shape index (κ3) is 2.78. The molecule has 3 heterocycles. The molecule has 10 heteroatoms. The quantitative estimate of drug-likeness (QED) is 0.642. The number of β-amino-alcohol motifs (C(OH)–C–C–N with tert-alkyl or cyclic N) is 1. The van der Waals surface area contributed by atoms with Crippen molar-refractivity contribution >= 4 is 28.8 Å². The lowest BCUT2D eigenvalue weighted by atomic mass is 10.2. The van der Waals surface area contributed by atoms with E-state index >= 15 is 0 Å². The van der Waals surface area contributed by atoms with Gasteiger partial charge in [0.1, 0.15) is 0 Å². The van der Waals surface area contributed by atoms with Crippen LogP contribution in [0.1, 0.15) is 6.42 Å². The number of nitrogens with zero attached hydrogens (tertiary/aromatic N) is 5. The van der Waals surface area contributed by atoms with Crippen molar-refractivity contribution in [1.82, 2.24) is 18.7 Å². The van der Waals surface area contributed by atoms with E-state index in [9.17, 15) is 19.5 Å². The van der Waals surface area contributed by atoms with Gasteiger partial charge >= 0.3 is 11.7 Å². The van der Waals surface area contributed by atoms with Gasteiger partial charge in [-0.3, -0.25) is 18.7 Å². The van der Waals surface area contributed by atoms with E-state index in [-0.39, 0.29) is 30.7 Å². The van der Waals surface area contributed by atoms with Crippen LogP contribution in [-0.2, 0) is 24.9 Å². The average Bonchev–Trinajstić information content (AvgIpc) is 3.05. The number of anilines is 2. The normalized spacial score (nSPS) is 16.4. The van der Waals surface area contributed by atoms with Gasteiger partial charge in [0, 0.05) is 19.3 Å². The minimum atomic E-state index is -1.10. The number of carboxylic acids is 1. The van der Waals surface area contributed by atoms with E-state index < -0.39 is 23.3 Å². The average molecular weight is 385 g/mol. The molecule has 3 aromatic rings. The molecule has 1 aliphatic heterocycles. The Labute approximate surface area is 158 Å². The lowest BCUT2D eigenvalue weighted by molar-refractivity contribution is -0.137. The standard InChI is InChI=1S/C18H19N5O5/c1-20-15-14(16(27)21(18(20)28)8-7-13(25)26)23-10-12(24)9-22(17(23)19-15)11-5-3-2-4-6-11/h2-6,12,24H,7-10H2,1H3,(H,25,26)/t12-/m0/s1. The monoisotopic (exact) mass is 385 g/mol. The Hall–Kier alpha value is -3.40. The summed E-state index contributed by atoms with van der Waals surface area (Å²) in [6.07, 6.45) is -1.09. The number of aliphatic hydroxyl groups excluding tert-OH is 1. The van der Waals surface area contributed by atoms with Gasteiger partial charge in [0.25, 0.3) is 5.56 Å². The second-order valence-electron chi connectivity index (χ2n) is 6.74. The molecule has 1 atom stereocenters. The molecule has 10 nitrogen and oxygen atoms in total. The van der Waals surface area contributed by atoms with E-state index in [0.717, 1.165) is 10.3 Å². The predicted octanol–water partition coefficient (Wildman–Crippen LogP) is -0.116. The van der Waals surface area contributed by atoms with Gasteiger partial charge in [0.15, 0.2) is 11.2 Å². The van der Waals surface area contributed by atoms with Crippen LogP contribution in [-0.4, -0.2) is 47.5 Å². The van der Waals surface area contributed by atoms with Crippen molar-refractivity contribution in [3.63, 3.8) is 0 Å². The maximum atomic E-state index is 13.0. The zero-order valence-electron chi connectivity index (χ0n) is 15.1. The Balaban J connectivity index is 1.96. The fourth-order valence-electron chi connectivity index (χ4n) is 3.53. The number of carboxylic acid groups (broad SMARTS) is 1. The maximum absolute atomic E-state index is 13.0. The molecule has 1 aromatic carbocycles. The van der Waals surface area contributed by atoms with E-state index in [4.69, 9.17) is 5.11 Å². The van der Waals surface area contributed by atoms with Crippen molar-refractivity contribution in [2.75, 3.05) is 11.4 Å². The van der Waals surface area contributed by atoms with Crippen LogP contribution in [0.25, 0.3) is 11.2 Å². The molecule has 0 bridgehead atoms. The highest BCUT2D eigenvalue weighted by molar-refractivity contribution is 5.77. The van der Waals surface area contributed by atoms with Crippen molar-refractivity contribution in [2.24, 2.45) is 7.05 Å². The van der Waals surface area contributed by atoms with E-state index in [1.54, 1.807) is 9.47 Å². The SMILES string of the molecule is Cn1c(=O)n(CCC(=O)O)c(=O)c2c1nc1n2C[C@@H](O)CN1c1ccccc1. The van der Waals surface area contributed by atoms with E-state index in [2.05, 4.69) is 4.98 Å². The summed E-state index contributed by atoms with van der Waals surface area (Å²) >= 11 is 0. The zero-order valence-corrected chi connectivity index (χ0v) is 15.1. The van der Waals surface area contributed by atoms with Crippen LogP contribution >= 0.6 is 0 Å². The summed E-state index contributed by atoms with van der Waals surface area (Å²) in [5.41, 5.74) is -0.0657. The number of aromatic nitrogens is 4. The number of imidazole rings is 1. The summed E-state index contributed by atoms with van der Waals surface area (Å²) in [5, 5.41) is 19.3. The largest absolute Gasteiger partial charge is 0.481 e. The lowest BCUT2D eigenvalue weighted by Crippen LogP contribution is -2.42. The molecule has 0 fully saturated rings. The molecule has 2 N–H and O–H groups in total. The number of aliphatic hydroxyl groups is 1. The minimum Gasteiger partial charge on any atom is -0.481 e. The lowest BCUT2D eigenvalue weighted by Gasteiger charge is -2.32. The third-order valence-electron chi connectivity index (χ3n) is 4.86. The Bertz CT molecular complexity index is 1180. The molecule has 0 aliphatic carbocycles. The Morgan fingerprint density at radius 2 is 1.93 bits per heavy atom. The van der Waals surface area contributed by atoms with Crippen molar-refractivity contribution < 1.29 is 15.0 Å². The Morgan fingerprint density at radius 1 is 1.21 bits per heavy atom. The van der Waals surface area contributed by atoms with Gasteiger partial charge in [-0.1, -0.05) is 18.2 Å². The van der Waals surface area contributed by atoms with Crippen LogP contribution in [0, 0.1) is 0 Å². The number of hydrogen-bond donors (Lipinski definition) is 2. The summed E-state index contributed by atoms with van der Waals surface area (Å²) in [6, 6.07) is 9.32. The molecule has 146 valence electrons. The van der Waals surface area contributed by atoms with Gasteiger partial charge in [-0.15, -0.1) is 0 Å². The Kier molecular flexibility index (Phi) is 4.27. The number of aliphatic carboxylic acids is 1. The first-order chi connectivity index (χ1) is 13.4. The molecule has 4 rings (SSSR count). The maximum Gasteiger partial charge on any atom is 0.332 e. The van der Waals surface area contributed by atoms with Crippen molar-refractivity contribution in [3.05, 3.63) is 51.2 Å². The van der Waals surface area contributed by atoms with Crippen LogP contribution in [0.2, 0.25) is 0 Å². The van der Waals surface area contributed by atoms with Gasteiger partial charge < -0.3 is 19.7 Å². The highest BCUT2D eigenvalue weighted by Crippen LogP contribution is 2.30. The van der Waals surface area contributed by atoms with Crippen molar-refractivity contribution in [2.45, 2.75) is 25.6 Å². The fraction of sp³-hybridized carbons (Fsp3) is 0.333. The predicted molar refractivity (Wildman–Crippen MR) is 101 cm³/mol. The second-order valence-corrected chi connectivity index (χ2v) is 6.74. The van der Waals surface area contributed by atoms with Crippen LogP contribution in [0.3, 0.4) is 0 Å². The minimum absolute atomic E-state index is 0.154. The number of benzene rings is 1. The van der Waals surface area contributed by atoms with Gasteiger partial charge in [0.2, 0.25) is 5.95 Å². The number of para-hydroxylation sites is 1. The number of fused-ring (bicyclic) bond motifs is 3. The molecule has 0 amide bonds. The molecular weight excluding hydrogens is 366 g/mol. The van der Waals surface area contributed by atoms with E-state index in [1.807, 2.05) is 30.3 Å². The van der Waals surface area contributed by atoms with Crippen LogP contribution in [0.4, 0.5) is 11.6 Å². The summed E-state index contributed by atoms with van der Waals surface area (Å²) in [4.78, 5) is 42.8. The molecule has 1 aliphatic rings. The molecule has 28 heavy (non-hydrogen) atoms. The molecular formula is C18H19N5O5. The smallest absolute Gasteiger partial charge is 0.332 e. The summed E-state index contributed by atoms with van der Waals surface area (Å²) < 4.78 is 3.73. The second kappa shape index (κ2) is 6.64. The Morgan fingerprint density at radius 3 is 2.61 bits per heavy atom. The van der Waals surface area contributed by atoms with Gasteiger partial charge in [-0.2, -0.15) is 4.98 Å².